The Hall–Kier alpha value is -0.220. The SMILES string of the molecule is CCCCCCC(O)CCOCC(F)F. The highest BCUT2D eigenvalue weighted by Gasteiger charge is 2.05. The number of unbranched alkanes of at least 4 members (excludes halogenated alkanes) is 3. The van der Waals surface area contributed by atoms with Crippen molar-refractivity contribution in [2.24, 2.45) is 0 Å². The summed E-state index contributed by atoms with van der Waals surface area (Å²) in [6.45, 7) is 1.83. The van der Waals surface area contributed by atoms with Crippen molar-refractivity contribution in [1.29, 1.82) is 0 Å². The summed E-state index contributed by atoms with van der Waals surface area (Å²) >= 11 is 0. The molecule has 4 heteroatoms. The van der Waals surface area contributed by atoms with E-state index in [-0.39, 0.29) is 6.61 Å². The molecular formula is C11H22F2O2. The van der Waals surface area contributed by atoms with Crippen molar-refractivity contribution in [3.05, 3.63) is 0 Å². The van der Waals surface area contributed by atoms with Crippen LogP contribution in [0.5, 0.6) is 0 Å². The predicted octanol–water partition coefficient (Wildman–Crippen LogP) is 2.99. The van der Waals surface area contributed by atoms with Gasteiger partial charge >= 0.3 is 0 Å². The first-order chi connectivity index (χ1) is 7.16. The smallest absolute Gasteiger partial charge is 0.261 e. The van der Waals surface area contributed by atoms with Crippen LogP contribution < -0.4 is 0 Å². The lowest BCUT2D eigenvalue weighted by molar-refractivity contribution is 0.00401. The Morgan fingerprint density at radius 2 is 1.87 bits per heavy atom. The van der Waals surface area contributed by atoms with E-state index in [2.05, 4.69) is 11.7 Å². The second-order valence-corrected chi connectivity index (χ2v) is 3.76. The molecule has 0 radical (unpaired) electrons. The first-order valence-electron chi connectivity index (χ1n) is 5.70. The molecule has 0 spiro atoms. The minimum Gasteiger partial charge on any atom is -0.393 e. The second kappa shape index (κ2) is 10.3. The summed E-state index contributed by atoms with van der Waals surface area (Å²) in [5.74, 6) is 0. The molecule has 92 valence electrons. The summed E-state index contributed by atoms with van der Waals surface area (Å²) < 4.78 is 28.0. The summed E-state index contributed by atoms with van der Waals surface area (Å²) in [6, 6.07) is 0. The molecule has 1 N–H and O–H groups in total. The van der Waals surface area contributed by atoms with Gasteiger partial charge in [-0.1, -0.05) is 32.6 Å². The molecule has 0 heterocycles. The van der Waals surface area contributed by atoms with Crippen molar-refractivity contribution < 1.29 is 18.6 Å². The monoisotopic (exact) mass is 224 g/mol. The summed E-state index contributed by atoms with van der Waals surface area (Å²) in [7, 11) is 0. The molecule has 2 nitrogen and oxygen atoms in total. The maximum Gasteiger partial charge on any atom is 0.261 e. The average molecular weight is 224 g/mol. The molecule has 0 fully saturated rings. The molecule has 0 aromatic rings. The van der Waals surface area contributed by atoms with E-state index < -0.39 is 19.1 Å². The van der Waals surface area contributed by atoms with E-state index >= 15 is 0 Å². The minimum absolute atomic E-state index is 0.222. The highest BCUT2D eigenvalue weighted by Crippen LogP contribution is 2.08. The summed E-state index contributed by atoms with van der Waals surface area (Å²) in [5.41, 5.74) is 0. The Balaban J connectivity index is 3.15. The van der Waals surface area contributed by atoms with Gasteiger partial charge in [0.1, 0.15) is 6.61 Å². The Kier molecular flexibility index (Phi) is 10.2. The molecule has 0 rings (SSSR count). The molecule has 15 heavy (non-hydrogen) atoms. The van der Waals surface area contributed by atoms with Crippen LogP contribution in [0.1, 0.15) is 45.4 Å². The van der Waals surface area contributed by atoms with Crippen molar-refractivity contribution in [2.45, 2.75) is 58.0 Å². The molecule has 0 saturated heterocycles. The average Bonchev–Trinajstić information content (AvgIpc) is 2.19. The lowest BCUT2D eigenvalue weighted by atomic mass is 10.1. The third kappa shape index (κ3) is 11.7. The predicted molar refractivity (Wildman–Crippen MR) is 56.2 cm³/mol. The van der Waals surface area contributed by atoms with Gasteiger partial charge in [0.05, 0.1) is 6.10 Å². The molecule has 0 aliphatic heterocycles. The first kappa shape index (κ1) is 14.8. The Morgan fingerprint density at radius 1 is 1.13 bits per heavy atom. The van der Waals surface area contributed by atoms with E-state index in [9.17, 15) is 13.9 Å². The lowest BCUT2D eigenvalue weighted by Crippen LogP contribution is -2.13. The Bertz CT molecular complexity index is 132. The van der Waals surface area contributed by atoms with Crippen molar-refractivity contribution >= 4 is 0 Å². The highest BCUT2D eigenvalue weighted by atomic mass is 19.3. The Morgan fingerprint density at radius 3 is 2.47 bits per heavy atom. The van der Waals surface area contributed by atoms with E-state index in [0.717, 1.165) is 19.3 Å². The summed E-state index contributed by atoms with van der Waals surface area (Å²) in [4.78, 5) is 0. The van der Waals surface area contributed by atoms with Crippen LogP contribution in [-0.2, 0) is 4.74 Å². The van der Waals surface area contributed by atoms with E-state index in [1.165, 1.54) is 12.8 Å². The molecule has 0 aromatic heterocycles. The van der Waals surface area contributed by atoms with Gasteiger partial charge < -0.3 is 9.84 Å². The van der Waals surface area contributed by atoms with Gasteiger partial charge in [0.25, 0.3) is 6.43 Å². The maximum absolute atomic E-state index is 11.7. The minimum atomic E-state index is -2.41. The zero-order valence-corrected chi connectivity index (χ0v) is 9.42. The van der Waals surface area contributed by atoms with Crippen LogP contribution in [0.15, 0.2) is 0 Å². The van der Waals surface area contributed by atoms with Crippen molar-refractivity contribution in [2.75, 3.05) is 13.2 Å². The molecule has 0 aliphatic rings. The molecular weight excluding hydrogens is 202 g/mol. The zero-order valence-electron chi connectivity index (χ0n) is 9.42. The van der Waals surface area contributed by atoms with Crippen LogP contribution in [-0.4, -0.2) is 30.8 Å². The summed E-state index contributed by atoms with van der Waals surface area (Å²) in [6.07, 6.45) is 2.89. The van der Waals surface area contributed by atoms with Crippen molar-refractivity contribution in [3.63, 3.8) is 0 Å². The largest absolute Gasteiger partial charge is 0.393 e. The zero-order chi connectivity index (χ0) is 11.5. The van der Waals surface area contributed by atoms with Gasteiger partial charge in [0, 0.05) is 6.61 Å². The van der Waals surface area contributed by atoms with Gasteiger partial charge in [-0.3, -0.25) is 0 Å². The molecule has 1 atom stereocenters. The topological polar surface area (TPSA) is 29.5 Å². The normalized spacial score (nSPS) is 13.4. The first-order valence-corrected chi connectivity index (χ1v) is 5.70. The van der Waals surface area contributed by atoms with Crippen LogP contribution in [0.2, 0.25) is 0 Å². The lowest BCUT2D eigenvalue weighted by Gasteiger charge is -2.10. The fourth-order valence-corrected chi connectivity index (χ4v) is 1.34. The quantitative estimate of drug-likeness (QED) is 0.578. The molecule has 0 saturated carbocycles. The molecule has 0 aliphatic carbocycles. The van der Waals surface area contributed by atoms with Gasteiger partial charge in [0.15, 0.2) is 0 Å². The molecule has 0 amide bonds. The van der Waals surface area contributed by atoms with Gasteiger partial charge in [0.2, 0.25) is 0 Å². The third-order valence-corrected chi connectivity index (χ3v) is 2.23. The molecule has 1 unspecified atom stereocenters. The van der Waals surface area contributed by atoms with Crippen molar-refractivity contribution in [1.82, 2.24) is 0 Å². The van der Waals surface area contributed by atoms with Gasteiger partial charge in [-0.15, -0.1) is 0 Å². The van der Waals surface area contributed by atoms with Crippen molar-refractivity contribution in [3.8, 4) is 0 Å². The number of alkyl halides is 2. The molecule has 0 bridgehead atoms. The fraction of sp³-hybridized carbons (Fsp3) is 1.00. The summed E-state index contributed by atoms with van der Waals surface area (Å²) in [5, 5.41) is 9.45. The van der Waals surface area contributed by atoms with Crippen LogP contribution in [0.25, 0.3) is 0 Å². The van der Waals surface area contributed by atoms with Gasteiger partial charge in [-0.25, -0.2) is 8.78 Å². The van der Waals surface area contributed by atoms with Crippen LogP contribution >= 0.6 is 0 Å². The van der Waals surface area contributed by atoms with Crippen LogP contribution in [0, 0.1) is 0 Å². The number of hydrogen-bond acceptors (Lipinski definition) is 2. The fourth-order valence-electron chi connectivity index (χ4n) is 1.34. The number of aliphatic hydroxyl groups is 1. The number of hydrogen-bond donors (Lipinski definition) is 1. The Labute approximate surface area is 90.6 Å². The van der Waals surface area contributed by atoms with E-state index in [4.69, 9.17) is 0 Å². The van der Waals surface area contributed by atoms with Crippen LogP contribution in [0.3, 0.4) is 0 Å². The third-order valence-electron chi connectivity index (χ3n) is 2.23. The molecule has 0 aromatic carbocycles. The van der Waals surface area contributed by atoms with Crippen LogP contribution in [0.4, 0.5) is 8.78 Å². The second-order valence-electron chi connectivity index (χ2n) is 3.76. The number of halogens is 2. The standard InChI is InChI=1S/C11H22F2O2/c1-2-3-4-5-6-10(14)7-8-15-9-11(12)13/h10-11,14H,2-9H2,1H3. The maximum atomic E-state index is 11.7. The van der Waals surface area contributed by atoms with Gasteiger partial charge in [-0.05, 0) is 12.8 Å². The number of aliphatic hydroxyl groups excluding tert-OH is 1. The van der Waals surface area contributed by atoms with E-state index in [0.29, 0.717) is 6.42 Å². The highest BCUT2D eigenvalue weighted by molar-refractivity contribution is 4.55. The van der Waals surface area contributed by atoms with Gasteiger partial charge in [-0.2, -0.15) is 0 Å². The van der Waals surface area contributed by atoms with E-state index in [1.54, 1.807) is 0 Å². The number of ether oxygens (including phenoxy) is 1. The number of rotatable bonds is 10. The van der Waals surface area contributed by atoms with E-state index in [1.807, 2.05) is 0 Å².